The second-order valence-corrected chi connectivity index (χ2v) is 16.3. The fraction of sp³-hybridized carbons (Fsp3) is 0.565. The van der Waals surface area contributed by atoms with Gasteiger partial charge in [-0.25, -0.2) is 14.3 Å². The molecule has 0 radical (unpaired) electrons. The molecule has 1 aromatic heterocycles. The van der Waals surface area contributed by atoms with E-state index in [0.29, 0.717) is 96.0 Å². The number of nitrogens with zero attached hydrogens (tertiary/aromatic N) is 6. The van der Waals surface area contributed by atoms with Gasteiger partial charge in [0.15, 0.2) is 0 Å². The van der Waals surface area contributed by atoms with Gasteiger partial charge in [-0.05, 0) is 42.8 Å². The summed E-state index contributed by atoms with van der Waals surface area (Å²) in [4.78, 5) is 53.5. The van der Waals surface area contributed by atoms with E-state index in [-0.39, 0.29) is 48.4 Å². The molecular formula is C46H64N8O12. The van der Waals surface area contributed by atoms with Crippen LogP contribution in [-0.2, 0) is 54.1 Å². The Labute approximate surface area is 385 Å². The second-order valence-electron chi connectivity index (χ2n) is 16.3. The van der Waals surface area contributed by atoms with E-state index in [1.165, 1.54) is 14.2 Å². The number of rotatable bonds is 24. The smallest absolute Gasteiger partial charge is 0.337 e. The van der Waals surface area contributed by atoms with E-state index in [4.69, 9.17) is 37.9 Å². The minimum absolute atomic E-state index is 0.0190. The number of carbonyl (C=O) groups is 4. The maximum absolute atomic E-state index is 12.8. The molecule has 2 N–H and O–H groups in total. The highest BCUT2D eigenvalue weighted by Gasteiger charge is 2.42. The fourth-order valence-corrected chi connectivity index (χ4v) is 8.76. The third kappa shape index (κ3) is 12.3. The third-order valence-electron chi connectivity index (χ3n) is 11.8. The number of anilines is 2. The zero-order chi connectivity index (χ0) is 47.2. The van der Waals surface area contributed by atoms with Crippen LogP contribution in [0.15, 0.2) is 54.5 Å². The van der Waals surface area contributed by atoms with Crippen LogP contribution in [0.25, 0.3) is 0 Å². The summed E-state index contributed by atoms with van der Waals surface area (Å²) >= 11 is 0. The molecule has 3 aromatic rings. The van der Waals surface area contributed by atoms with Gasteiger partial charge in [-0.3, -0.25) is 14.6 Å². The maximum atomic E-state index is 12.8. The highest BCUT2D eigenvalue weighted by atomic mass is 16.6. The molecule has 20 heteroatoms. The number of hydrogen-bond acceptors (Lipinski definition) is 17. The van der Waals surface area contributed by atoms with Gasteiger partial charge < -0.3 is 53.1 Å². The van der Waals surface area contributed by atoms with Crippen molar-refractivity contribution in [1.29, 1.82) is 0 Å². The van der Waals surface area contributed by atoms with Crippen molar-refractivity contribution in [2.24, 2.45) is 11.8 Å². The average Bonchev–Trinajstić information content (AvgIpc) is 3.99. The number of esters is 2. The third-order valence-corrected chi connectivity index (χ3v) is 11.8. The van der Waals surface area contributed by atoms with Crippen molar-refractivity contribution in [2.75, 3.05) is 103 Å². The van der Waals surface area contributed by atoms with Gasteiger partial charge in [0.05, 0.1) is 129 Å². The molecule has 2 amide bonds. The largest absolute Gasteiger partial charge is 0.465 e. The summed E-state index contributed by atoms with van der Waals surface area (Å²) < 4.78 is 45.8. The Kier molecular flexibility index (Phi) is 18.4. The van der Waals surface area contributed by atoms with E-state index in [2.05, 4.69) is 42.0 Å². The normalized spacial score (nSPS) is 20.1. The van der Waals surface area contributed by atoms with Crippen LogP contribution in [0.5, 0.6) is 0 Å². The Morgan fingerprint density at radius 3 is 1.76 bits per heavy atom. The molecule has 0 aliphatic carbocycles. The Morgan fingerprint density at radius 2 is 1.23 bits per heavy atom. The molecule has 0 saturated carbocycles. The summed E-state index contributed by atoms with van der Waals surface area (Å²) in [6.45, 7) is 14.5. The molecule has 20 nitrogen and oxygen atoms in total. The number of methoxy groups -OCH3 is 2. The quantitative estimate of drug-likeness (QED) is 0.0970. The van der Waals surface area contributed by atoms with Crippen molar-refractivity contribution in [1.82, 2.24) is 31.0 Å². The average molecular weight is 921 g/mol. The van der Waals surface area contributed by atoms with Crippen LogP contribution in [0.2, 0.25) is 0 Å². The molecule has 66 heavy (non-hydrogen) atoms. The van der Waals surface area contributed by atoms with Crippen LogP contribution in [0.3, 0.4) is 0 Å². The molecule has 3 aliphatic rings. The molecule has 360 valence electrons. The molecule has 4 heterocycles. The number of hydrogen-bond donors (Lipinski definition) is 2. The number of carbonyl (C=O) groups excluding carboxylic acids is 4. The Balaban J connectivity index is 0.793. The van der Waals surface area contributed by atoms with Gasteiger partial charge in [0.1, 0.15) is 5.69 Å². The first-order valence-corrected chi connectivity index (χ1v) is 22.4. The summed E-state index contributed by atoms with van der Waals surface area (Å²) in [7, 11) is 2.69. The van der Waals surface area contributed by atoms with Crippen LogP contribution >= 0.6 is 0 Å². The predicted molar refractivity (Wildman–Crippen MR) is 240 cm³/mol. The topological polar surface area (TPSA) is 207 Å². The number of hydrazine groups is 2. The van der Waals surface area contributed by atoms with Crippen molar-refractivity contribution in [3.63, 3.8) is 0 Å². The van der Waals surface area contributed by atoms with Crippen molar-refractivity contribution in [3.8, 4) is 0 Å². The summed E-state index contributed by atoms with van der Waals surface area (Å²) in [6, 6.07) is 10.1. The molecule has 6 rings (SSSR count). The minimum atomic E-state index is -0.451. The van der Waals surface area contributed by atoms with Crippen LogP contribution in [0, 0.1) is 11.8 Å². The standard InChI is InChI=1S/C46H64N8O12/c1-8-40-31(3)44(39-24-35(46(58)60-7)10-12-42(39)54(40)33(5)56)53-27-37(48-50-53)29-66-22-20-64-18-16-62-14-13-61-15-17-63-19-21-65-28-36-26-52(49-47-36)43-30(2)25-51(32(4)55)41-11-9-34(23-38(41)43)45(57)59-6/h9-12,23-24,26-27,30-31,40,43-44,47,49H,8,13-22,25,28-29H2,1-7H3/t30?,31-,40?,43?,44?/m1/s1. The van der Waals surface area contributed by atoms with Crippen LogP contribution < -0.4 is 20.8 Å². The molecule has 3 aliphatic heterocycles. The lowest BCUT2D eigenvalue weighted by Crippen LogP contribution is -2.49. The zero-order valence-corrected chi connectivity index (χ0v) is 39.0. The fourth-order valence-electron chi connectivity index (χ4n) is 8.76. The Bertz CT molecular complexity index is 2150. The Hall–Kier alpha value is -5.48. The number of aromatic nitrogens is 3. The monoisotopic (exact) mass is 920 g/mol. The molecule has 0 spiro atoms. The number of benzene rings is 2. The lowest BCUT2D eigenvalue weighted by molar-refractivity contribution is -0.118. The summed E-state index contributed by atoms with van der Waals surface area (Å²) in [6.07, 6.45) is 4.53. The van der Waals surface area contributed by atoms with Crippen molar-refractivity contribution in [3.05, 3.63) is 82.4 Å². The van der Waals surface area contributed by atoms with E-state index in [0.717, 1.165) is 34.6 Å². The molecule has 0 fully saturated rings. The zero-order valence-electron chi connectivity index (χ0n) is 39.0. The van der Waals surface area contributed by atoms with E-state index in [1.807, 2.05) is 22.3 Å². The molecule has 5 atom stereocenters. The van der Waals surface area contributed by atoms with Crippen molar-refractivity contribution in [2.45, 2.75) is 65.8 Å². The van der Waals surface area contributed by atoms with E-state index in [9.17, 15) is 19.2 Å². The molecule has 2 aromatic carbocycles. The minimum Gasteiger partial charge on any atom is -0.465 e. The molecule has 4 unspecified atom stereocenters. The van der Waals surface area contributed by atoms with Gasteiger partial charge in [0.2, 0.25) is 11.8 Å². The van der Waals surface area contributed by atoms with Crippen molar-refractivity contribution < 1.29 is 57.1 Å². The Morgan fingerprint density at radius 1 is 0.697 bits per heavy atom. The number of amides is 2. The van der Waals surface area contributed by atoms with Gasteiger partial charge in [-0.15, -0.1) is 10.6 Å². The van der Waals surface area contributed by atoms with Gasteiger partial charge in [-0.2, -0.15) is 0 Å². The first-order chi connectivity index (χ1) is 32.0. The molecule has 0 saturated heterocycles. The number of ether oxygens (including phenoxy) is 8. The van der Waals surface area contributed by atoms with E-state index < -0.39 is 11.9 Å². The van der Waals surface area contributed by atoms with Gasteiger partial charge in [-0.1, -0.05) is 26.0 Å². The van der Waals surface area contributed by atoms with Crippen LogP contribution in [0.4, 0.5) is 11.4 Å². The summed E-state index contributed by atoms with van der Waals surface area (Å²) in [5.41, 5.74) is 11.8. The second kappa shape index (κ2) is 24.3. The van der Waals surface area contributed by atoms with Crippen LogP contribution in [-0.4, -0.2) is 143 Å². The molecule has 0 bridgehead atoms. The van der Waals surface area contributed by atoms with E-state index in [1.54, 1.807) is 59.8 Å². The summed E-state index contributed by atoms with van der Waals surface area (Å²) in [5.74, 6) is -0.976. The first-order valence-electron chi connectivity index (χ1n) is 22.4. The maximum Gasteiger partial charge on any atom is 0.337 e. The SMILES string of the molecule is CCC1[C@@H](C)C(n2cc(COCCOCCOCCOCCOCCOCC3=CN(C4c5cc(C(=O)OC)ccc5N(C(C)=O)CC4C)NN3)nn2)c2cc(C(=O)OC)ccc2N1C(C)=O. The predicted octanol–water partition coefficient (Wildman–Crippen LogP) is 3.73. The van der Waals surface area contributed by atoms with Gasteiger partial charge in [0.25, 0.3) is 0 Å². The number of fused-ring (bicyclic) bond motifs is 2. The van der Waals surface area contributed by atoms with E-state index >= 15 is 0 Å². The van der Waals surface area contributed by atoms with Gasteiger partial charge >= 0.3 is 11.9 Å². The van der Waals surface area contributed by atoms with Crippen molar-refractivity contribution >= 4 is 35.1 Å². The first kappa shape index (κ1) is 49.9. The highest BCUT2D eigenvalue weighted by molar-refractivity contribution is 5.97. The summed E-state index contributed by atoms with van der Waals surface area (Å²) in [5, 5.41) is 10.7. The van der Waals surface area contributed by atoms with Gasteiger partial charge in [0, 0.05) is 67.0 Å². The molecular weight excluding hydrogens is 857 g/mol. The number of nitrogens with one attached hydrogen (secondary N) is 2. The highest BCUT2D eigenvalue weighted by Crippen LogP contribution is 2.45. The lowest BCUT2D eigenvalue weighted by atomic mass is 9.80. The lowest BCUT2D eigenvalue weighted by Gasteiger charge is -2.44. The van der Waals surface area contributed by atoms with Crippen LogP contribution in [0.1, 0.15) is 90.7 Å².